The van der Waals surface area contributed by atoms with Gasteiger partial charge in [0.05, 0.1) is 13.2 Å². The lowest BCUT2D eigenvalue weighted by Gasteiger charge is -2.37. The number of piperazine rings is 1. The molecule has 1 fully saturated rings. The molecule has 6 nitrogen and oxygen atoms in total. The Morgan fingerprint density at radius 1 is 1.42 bits per heavy atom. The van der Waals surface area contributed by atoms with Crippen LogP contribution in [0.1, 0.15) is 24.4 Å². The van der Waals surface area contributed by atoms with E-state index in [0.717, 1.165) is 36.6 Å². The van der Waals surface area contributed by atoms with E-state index < -0.39 is 0 Å². The number of para-hydroxylation sites is 1. The van der Waals surface area contributed by atoms with Crippen molar-refractivity contribution in [3.05, 3.63) is 48.0 Å². The van der Waals surface area contributed by atoms with Crippen LogP contribution in [-0.4, -0.2) is 47.1 Å². The Labute approximate surface area is 142 Å². The average Bonchev–Trinajstić information content (AvgIpc) is 3.08. The Morgan fingerprint density at radius 3 is 3.04 bits per heavy atom. The smallest absolute Gasteiger partial charge is 0.243 e. The molecule has 1 aliphatic rings. The number of nitrogens with one attached hydrogen (secondary N) is 1. The van der Waals surface area contributed by atoms with E-state index in [9.17, 15) is 4.79 Å². The fourth-order valence-electron chi connectivity index (χ4n) is 3.26. The number of aryl methyl sites for hydroxylation is 1. The van der Waals surface area contributed by atoms with Crippen molar-refractivity contribution in [3.8, 4) is 5.75 Å². The maximum Gasteiger partial charge on any atom is 0.243 e. The summed E-state index contributed by atoms with van der Waals surface area (Å²) >= 11 is 0. The number of carbonyl (C=O) groups is 1. The molecule has 0 spiro atoms. The van der Waals surface area contributed by atoms with Gasteiger partial charge in [0.2, 0.25) is 5.91 Å². The topological polar surface area (TPSA) is 59.4 Å². The zero-order chi connectivity index (χ0) is 16.9. The molecule has 1 aromatic heterocycles. The van der Waals surface area contributed by atoms with Crippen molar-refractivity contribution in [2.45, 2.75) is 25.9 Å². The Balaban J connectivity index is 1.83. The molecule has 2 aromatic rings. The van der Waals surface area contributed by atoms with E-state index in [1.807, 2.05) is 46.9 Å². The predicted octanol–water partition coefficient (Wildman–Crippen LogP) is 1.63. The molecule has 1 unspecified atom stereocenters. The van der Waals surface area contributed by atoms with Crippen molar-refractivity contribution in [2.24, 2.45) is 0 Å². The Hall–Kier alpha value is -2.34. The SMILES string of the molecule is CCc1nccn1CC(=O)N1CCNCC1c1ccccc1OC. The number of hydrogen-bond acceptors (Lipinski definition) is 4. The van der Waals surface area contributed by atoms with Crippen LogP contribution in [0.25, 0.3) is 0 Å². The minimum atomic E-state index is -0.0176. The van der Waals surface area contributed by atoms with E-state index in [4.69, 9.17) is 4.74 Å². The molecule has 1 aliphatic heterocycles. The van der Waals surface area contributed by atoms with Crippen molar-refractivity contribution >= 4 is 5.91 Å². The summed E-state index contributed by atoms with van der Waals surface area (Å²) in [5.41, 5.74) is 1.04. The molecular weight excluding hydrogens is 304 g/mol. The van der Waals surface area contributed by atoms with Gasteiger partial charge < -0.3 is 19.5 Å². The summed E-state index contributed by atoms with van der Waals surface area (Å²) in [5, 5.41) is 3.38. The maximum atomic E-state index is 12.9. The van der Waals surface area contributed by atoms with Gasteiger partial charge in [0.15, 0.2) is 0 Å². The summed E-state index contributed by atoms with van der Waals surface area (Å²) in [6.07, 6.45) is 4.44. The molecular formula is C18H24N4O2. The van der Waals surface area contributed by atoms with Gasteiger partial charge in [-0.05, 0) is 6.07 Å². The third-order valence-electron chi connectivity index (χ3n) is 4.49. The first kappa shape index (κ1) is 16.5. The van der Waals surface area contributed by atoms with E-state index >= 15 is 0 Å². The van der Waals surface area contributed by atoms with Crippen LogP contribution in [0.4, 0.5) is 0 Å². The fourth-order valence-corrected chi connectivity index (χ4v) is 3.26. The van der Waals surface area contributed by atoms with Crippen LogP contribution >= 0.6 is 0 Å². The number of ether oxygens (including phenoxy) is 1. The van der Waals surface area contributed by atoms with Crippen LogP contribution in [0.5, 0.6) is 5.75 Å². The summed E-state index contributed by atoms with van der Waals surface area (Å²) in [6, 6.07) is 7.89. The Bertz CT molecular complexity index is 698. The average molecular weight is 328 g/mol. The molecule has 128 valence electrons. The summed E-state index contributed by atoms with van der Waals surface area (Å²) in [5.74, 6) is 1.87. The lowest BCUT2D eigenvalue weighted by atomic mass is 10.0. The van der Waals surface area contributed by atoms with Gasteiger partial charge in [0, 0.05) is 44.0 Å². The van der Waals surface area contributed by atoms with Crippen molar-refractivity contribution in [2.75, 3.05) is 26.7 Å². The summed E-state index contributed by atoms with van der Waals surface area (Å²) in [7, 11) is 1.67. The van der Waals surface area contributed by atoms with Crippen LogP contribution in [-0.2, 0) is 17.8 Å². The normalized spacial score (nSPS) is 17.8. The second-order valence-corrected chi connectivity index (χ2v) is 5.87. The van der Waals surface area contributed by atoms with E-state index in [1.165, 1.54) is 0 Å². The molecule has 1 amide bonds. The van der Waals surface area contributed by atoms with E-state index in [2.05, 4.69) is 10.3 Å². The number of aromatic nitrogens is 2. The van der Waals surface area contributed by atoms with Gasteiger partial charge in [0.25, 0.3) is 0 Å². The predicted molar refractivity (Wildman–Crippen MR) is 91.9 cm³/mol. The van der Waals surface area contributed by atoms with Gasteiger partial charge in [-0.25, -0.2) is 4.98 Å². The lowest BCUT2D eigenvalue weighted by molar-refractivity contribution is -0.135. The highest BCUT2D eigenvalue weighted by molar-refractivity contribution is 5.77. The highest BCUT2D eigenvalue weighted by atomic mass is 16.5. The highest BCUT2D eigenvalue weighted by Crippen LogP contribution is 2.30. The standard InChI is InChI=1S/C18H24N4O2/c1-3-17-20-9-10-21(17)13-18(23)22-11-8-19-12-15(22)14-6-4-5-7-16(14)24-2/h4-7,9-10,15,19H,3,8,11-13H2,1-2H3. The van der Waals surface area contributed by atoms with Crippen LogP contribution in [0.15, 0.2) is 36.7 Å². The number of methoxy groups -OCH3 is 1. The molecule has 1 atom stereocenters. The number of hydrogen-bond donors (Lipinski definition) is 1. The molecule has 2 heterocycles. The number of imidazole rings is 1. The number of carbonyl (C=O) groups excluding carboxylic acids is 1. The van der Waals surface area contributed by atoms with Crippen LogP contribution in [0, 0.1) is 0 Å². The first-order valence-electron chi connectivity index (χ1n) is 8.37. The van der Waals surface area contributed by atoms with Crippen LogP contribution in [0.2, 0.25) is 0 Å². The number of nitrogens with zero attached hydrogens (tertiary/aromatic N) is 3. The molecule has 0 aliphatic carbocycles. The first-order chi connectivity index (χ1) is 11.7. The maximum absolute atomic E-state index is 12.9. The molecule has 0 saturated carbocycles. The van der Waals surface area contributed by atoms with Crippen molar-refractivity contribution in [1.82, 2.24) is 19.8 Å². The van der Waals surface area contributed by atoms with E-state index in [1.54, 1.807) is 13.3 Å². The number of benzene rings is 1. The number of rotatable bonds is 5. The zero-order valence-corrected chi connectivity index (χ0v) is 14.2. The molecule has 1 aromatic carbocycles. The largest absolute Gasteiger partial charge is 0.496 e. The minimum Gasteiger partial charge on any atom is -0.496 e. The van der Waals surface area contributed by atoms with E-state index in [0.29, 0.717) is 13.1 Å². The molecule has 3 rings (SSSR count). The van der Waals surface area contributed by atoms with Crippen molar-refractivity contribution in [3.63, 3.8) is 0 Å². The third-order valence-corrected chi connectivity index (χ3v) is 4.49. The lowest BCUT2D eigenvalue weighted by Crippen LogP contribution is -2.49. The third kappa shape index (κ3) is 3.28. The zero-order valence-electron chi connectivity index (χ0n) is 14.2. The fraction of sp³-hybridized carbons (Fsp3) is 0.444. The molecule has 0 radical (unpaired) electrons. The van der Waals surface area contributed by atoms with Gasteiger partial charge in [-0.1, -0.05) is 25.1 Å². The summed E-state index contributed by atoms with van der Waals surface area (Å²) in [4.78, 5) is 19.2. The van der Waals surface area contributed by atoms with Gasteiger partial charge in [-0.2, -0.15) is 0 Å². The molecule has 0 bridgehead atoms. The molecule has 24 heavy (non-hydrogen) atoms. The summed E-state index contributed by atoms with van der Waals surface area (Å²) < 4.78 is 7.42. The van der Waals surface area contributed by atoms with Crippen LogP contribution < -0.4 is 10.1 Å². The van der Waals surface area contributed by atoms with E-state index in [-0.39, 0.29) is 11.9 Å². The Morgan fingerprint density at radius 2 is 2.25 bits per heavy atom. The van der Waals surface area contributed by atoms with Gasteiger partial charge in [-0.3, -0.25) is 4.79 Å². The second kappa shape index (κ2) is 7.49. The second-order valence-electron chi connectivity index (χ2n) is 5.87. The molecule has 1 N–H and O–H groups in total. The van der Waals surface area contributed by atoms with Gasteiger partial charge in [-0.15, -0.1) is 0 Å². The Kier molecular flexibility index (Phi) is 5.15. The van der Waals surface area contributed by atoms with Gasteiger partial charge >= 0.3 is 0 Å². The minimum absolute atomic E-state index is 0.0176. The monoisotopic (exact) mass is 328 g/mol. The molecule has 6 heteroatoms. The molecule has 1 saturated heterocycles. The van der Waals surface area contributed by atoms with Crippen molar-refractivity contribution in [1.29, 1.82) is 0 Å². The first-order valence-corrected chi connectivity index (χ1v) is 8.37. The summed E-state index contributed by atoms with van der Waals surface area (Å²) in [6.45, 7) is 4.61. The van der Waals surface area contributed by atoms with Crippen molar-refractivity contribution < 1.29 is 9.53 Å². The van der Waals surface area contributed by atoms with Gasteiger partial charge in [0.1, 0.15) is 18.1 Å². The van der Waals surface area contributed by atoms with Crippen LogP contribution in [0.3, 0.4) is 0 Å². The quantitative estimate of drug-likeness (QED) is 0.906. The number of amides is 1. The highest BCUT2D eigenvalue weighted by Gasteiger charge is 2.29.